The first kappa shape index (κ1) is 16.9. The minimum Gasteiger partial charge on any atom is -0.314 e. The second-order valence-corrected chi connectivity index (χ2v) is 5.56. The summed E-state index contributed by atoms with van der Waals surface area (Å²) < 4.78 is 66.1. The van der Waals surface area contributed by atoms with Crippen LogP contribution in [-0.2, 0) is 20.6 Å². The molecule has 114 valence electrons. The lowest BCUT2D eigenvalue weighted by atomic mass is 10.2. The quantitative estimate of drug-likeness (QED) is 0.620. The normalized spacial score (nSPS) is 14.2. The molecular formula is C11H15F3N2O3S. The molecule has 0 saturated carbocycles. The molecule has 0 aromatic heterocycles. The third-order valence-corrected chi connectivity index (χ3v) is 3.58. The van der Waals surface area contributed by atoms with Crippen molar-refractivity contribution >= 4 is 10.1 Å². The molecule has 0 radical (unpaired) electrons. The van der Waals surface area contributed by atoms with E-state index in [4.69, 9.17) is 5.73 Å². The van der Waals surface area contributed by atoms with Crippen molar-refractivity contribution in [3.05, 3.63) is 29.8 Å². The van der Waals surface area contributed by atoms with Crippen LogP contribution >= 0.6 is 0 Å². The van der Waals surface area contributed by atoms with Gasteiger partial charge in [-0.05, 0) is 18.6 Å². The Bertz CT molecular complexity index is 546. The van der Waals surface area contributed by atoms with E-state index in [0.717, 1.165) is 12.1 Å². The number of hydrogen-bond acceptors (Lipinski definition) is 5. The number of nitrogens with one attached hydrogen (secondary N) is 1. The Labute approximate surface area is 115 Å². The van der Waals surface area contributed by atoms with Crippen molar-refractivity contribution in [3.63, 3.8) is 0 Å². The topological polar surface area (TPSA) is 81.4 Å². The molecule has 0 aliphatic heterocycles. The molecule has 0 bridgehead atoms. The smallest absolute Gasteiger partial charge is 0.314 e. The van der Waals surface area contributed by atoms with Gasteiger partial charge in [-0.25, -0.2) is 0 Å². The Morgan fingerprint density at radius 3 is 2.50 bits per heavy atom. The summed E-state index contributed by atoms with van der Waals surface area (Å²) in [5.74, 6) is 0. The lowest BCUT2D eigenvalue weighted by Crippen LogP contribution is -2.38. The zero-order valence-electron chi connectivity index (χ0n) is 10.6. The Balaban J connectivity index is 2.99. The van der Waals surface area contributed by atoms with Gasteiger partial charge in [-0.1, -0.05) is 25.5 Å². The van der Waals surface area contributed by atoms with E-state index >= 15 is 0 Å². The van der Waals surface area contributed by atoms with E-state index < -0.39 is 32.9 Å². The molecule has 0 aliphatic rings. The number of rotatable bonds is 6. The van der Waals surface area contributed by atoms with E-state index in [1.165, 1.54) is 6.07 Å². The second kappa shape index (κ2) is 6.53. The van der Waals surface area contributed by atoms with Crippen LogP contribution in [0, 0.1) is 0 Å². The van der Waals surface area contributed by atoms with E-state index in [-0.39, 0.29) is 0 Å². The first-order valence-electron chi connectivity index (χ1n) is 5.79. The predicted molar refractivity (Wildman–Crippen MR) is 65.7 cm³/mol. The van der Waals surface area contributed by atoms with E-state index in [1.807, 2.05) is 12.4 Å². The fourth-order valence-electron chi connectivity index (χ4n) is 1.46. The average Bonchev–Trinajstić information content (AvgIpc) is 2.36. The van der Waals surface area contributed by atoms with Crippen LogP contribution in [0.3, 0.4) is 0 Å². The summed E-state index contributed by atoms with van der Waals surface area (Å²) >= 11 is 0. The molecule has 1 unspecified atom stereocenters. The highest BCUT2D eigenvalue weighted by molar-refractivity contribution is 7.86. The first-order chi connectivity index (χ1) is 9.18. The number of halogens is 3. The van der Waals surface area contributed by atoms with Gasteiger partial charge in [-0.3, -0.25) is 0 Å². The average molecular weight is 312 g/mol. The third kappa shape index (κ3) is 4.44. The molecule has 3 N–H and O–H groups in total. The zero-order chi connectivity index (χ0) is 15.4. The molecule has 0 fully saturated rings. The maximum absolute atomic E-state index is 12.7. The summed E-state index contributed by atoms with van der Waals surface area (Å²) in [6.45, 7) is 1.81. The molecule has 20 heavy (non-hydrogen) atoms. The molecule has 0 spiro atoms. The van der Waals surface area contributed by atoms with Crippen molar-refractivity contribution in [2.24, 2.45) is 5.73 Å². The number of benzene rings is 1. The summed E-state index contributed by atoms with van der Waals surface area (Å²) in [6.07, 6.45) is -4.50. The van der Waals surface area contributed by atoms with Gasteiger partial charge in [0.25, 0.3) is 0 Å². The predicted octanol–water partition coefficient (Wildman–Crippen LogP) is 2.00. The summed E-state index contributed by atoms with van der Waals surface area (Å²) in [6, 6.07) is 3.77. The zero-order valence-corrected chi connectivity index (χ0v) is 11.5. The van der Waals surface area contributed by atoms with Gasteiger partial charge in [0.1, 0.15) is 4.90 Å². The Hall–Kier alpha value is -1.16. The molecule has 0 amide bonds. The van der Waals surface area contributed by atoms with Crippen LogP contribution in [0.15, 0.2) is 29.2 Å². The summed E-state index contributed by atoms with van der Waals surface area (Å²) in [4.78, 5) is -0.955. The van der Waals surface area contributed by atoms with Crippen LogP contribution in [0.25, 0.3) is 0 Å². The van der Waals surface area contributed by atoms with Gasteiger partial charge >= 0.3 is 16.3 Å². The van der Waals surface area contributed by atoms with Crippen molar-refractivity contribution in [1.29, 1.82) is 0 Å². The van der Waals surface area contributed by atoms with Crippen molar-refractivity contribution in [3.8, 4) is 0 Å². The van der Waals surface area contributed by atoms with Gasteiger partial charge in [-0.2, -0.15) is 31.4 Å². The first-order valence-corrected chi connectivity index (χ1v) is 7.20. The van der Waals surface area contributed by atoms with Crippen molar-refractivity contribution in [1.82, 2.24) is 5.48 Å². The van der Waals surface area contributed by atoms with Crippen LogP contribution in [0.2, 0.25) is 0 Å². The van der Waals surface area contributed by atoms with E-state index in [9.17, 15) is 21.6 Å². The van der Waals surface area contributed by atoms with Gasteiger partial charge in [-0.15, -0.1) is 0 Å². The molecule has 5 nitrogen and oxygen atoms in total. The monoisotopic (exact) mass is 312 g/mol. The Kier molecular flexibility index (Phi) is 5.51. The molecule has 1 aromatic rings. The Morgan fingerprint density at radius 2 is 1.95 bits per heavy atom. The molecule has 1 rings (SSSR count). The standard InChI is InChI=1S/C11H15F3N2O3S/c1-2-5-10(15)16-19-20(17,18)9-7-4-3-6-8(9)11(12,13)14/h3-4,6-7,10,16H,2,5,15H2,1H3. The lowest BCUT2D eigenvalue weighted by molar-refractivity contribution is -0.140. The number of alkyl halides is 3. The third-order valence-electron chi connectivity index (χ3n) is 2.37. The van der Waals surface area contributed by atoms with Crippen LogP contribution in [0.1, 0.15) is 25.3 Å². The number of hydrogen-bond donors (Lipinski definition) is 2. The highest BCUT2D eigenvalue weighted by atomic mass is 32.2. The van der Waals surface area contributed by atoms with Gasteiger partial charge in [0.2, 0.25) is 0 Å². The largest absolute Gasteiger partial charge is 0.417 e. The maximum atomic E-state index is 12.7. The van der Waals surface area contributed by atoms with Crippen molar-refractivity contribution in [2.75, 3.05) is 0 Å². The van der Waals surface area contributed by atoms with Crippen LogP contribution in [0.5, 0.6) is 0 Å². The Morgan fingerprint density at radius 1 is 1.35 bits per heavy atom. The van der Waals surface area contributed by atoms with Crippen molar-refractivity contribution in [2.45, 2.75) is 37.0 Å². The fourth-order valence-corrected chi connectivity index (χ4v) is 2.50. The fraction of sp³-hybridized carbons (Fsp3) is 0.455. The molecule has 0 saturated heterocycles. The van der Waals surface area contributed by atoms with Gasteiger partial charge in [0.05, 0.1) is 11.7 Å². The molecule has 1 aromatic carbocycles. The molecule has 0 heterocycles. The second-order valence-electron chi connectivity index (χ2n) is 4.04. The van der Waals surface area contributed by atoms with Gasteiger partial charge in [0, 0.05) is 0 Å². The highest BCUT2D eigenvalue weighted by Gasteiger charge is 2.37. The highest BCUT2D eigenvalue weighted by Crippen LogP contribution is 2.34. The van der Waals surface area contributed by atoms with E-state index in [0.29, 0.717) is 18.9 Å². The van der Waals surface area contributed by atoms with Crippen LogP contribution in [-0.4, -0.2) is 14.6 Å². The minimum atomic E-state index is -4.79. The van der Waals surface area contributed by atoms with E-state index in [1.54, 1.807) is 0 Å². The van der Waals surface area contributed by atoms with Crippen LogP contribution < -0.4 is 11.2 Å². The number of nitrogens with two attached hydrogens (primary N) is 1. The maximum Gasteiger partial charge on any atom is 0.417 e. The molecule has 9 heteroatoms. The molecule has 1 atom stereocenters. The minimum absolute atomic E-state index is 0.413. The summed E-state index contributed by atoms with van der Waals surface area (Å²) in [5.41, 5.74) is 6.21. The van der Waals surface area contributed by atoms with Gasteiger partial charge < -0.3 is 5.73 Å². The summed E-state index contributed by atoms with van der Waals surface area (Å²) in [5, 5.41) is 0. The summed E-state index contributed by atoms with van der Waals surface area (Å²) in [7, 11) is -4.60. The molecule has 0 aliphatic carbocycles. The lowest BCUT2D eigenvalue weighted by Gasteiger charge is -2.15. The SMILES string of the molecule is CCCC(N)NOS(=O)(=O)c1ccccc1C(F)(F)F. The van der Waals surface area contributed by atoms with Crippen LogP contribution in [0.4, 0.5) is 13.2 Å². The molecular weight excluding hydrogens is 297 g/mol. The van der Waals surface area contributed by atoms with E-state index in [2.05, 4.69) is 4.28 Å². The van der Waals surface area contributed by atoms with Crippen molar-refractivity contribution < 1.29 is 25.9 Å². The number of hydroxylamine groups is 1. The van der Waals surface area contributed by atoms with Gasteiger partial charge in [0.15, 0.2) is 0 Å².